The Balaban J connectivity index is 1.32. The van der Waals surface area contributed by atoms with Crippen LogP contribution in [-0.2, 0) is 19.6 Å². The number of rotatable bonds is 4. The highest BCUT2D eigenvalue weighted by molar-refractivity contribution is 5.84. The monoisotopic (exact) mass is 373 g/mol. The lowest BCUT2D eigenvalue weighted by atomic mass is 10.1. The van der Waals surface area contributed by atoms with Gasteiger partial charge in [0.05, 0.1) is 35.9 Å². The number of aromatic nitrogens is 4. The van der Waals surface area contributed by atoms with Gasteiger partial charge in [-0.25, -0.2) is 4.68 Å². The maximum absolute atomic E-state index is 9.75. The van der Waals surface area contributed by atoms with Crippen LogP contribution in [0.25, 0.3) is 16.5 Å². The highest BCUT2D eigenvalue weighted by Crippen LogP contribution is 2.21. The van der Waals surface area contributed by atoms with E-state index in [1.165, 1.54) is 16.3 Å². The van der Waals surface area contributed by atoms with Crippen LogP contribution < -0.4 is 0 Å². The molecule has 4 aromatic rings. The van der Waals surface area contributed by atoms with Crippen LogP contribution in [-0.4, -0.2) is 36.1 Å². The Hall–Kier alpha value is -2.96. The Morgan fingerprint density at radius 1 is 1.07 bits per heavy atom. The van der Waals surface area contributed by atoms with Gasteiger partial charge in [0.15, 0.2) is 0 Å². The third kappa shape index (κ3) is 3.21. The molecule has 6 heteroatoms. The molecule has 0 spiro atoms. The average Bonchev–Trinajstić information content (AvgIpc) is 3.34. The van der Waals surface area contributed by atoms with E-state index >= 15 is 0 Å². The van der Waals surface area contributed by atoms with Crippen molar-refractivity contribution in [2.24, 2.45) is 0 Å². The van der Waals surface area contributed by atoms with Gasteiger partial charge >= 0.3 is 0 Å². The number of aliphatic hydroxyl groups is 1. The number of hydrogen-bond donors (Lipinski definition) is 1. The standard InChI is InChI=1S/C22H23N5O/c1-16(28)22-11-21-15-25(8-9-26(21)24-22)13-17-12-23-27(14-17)20-7-6-18-4-2-3-5-19(18)10-20/h2-7,10-12,14,16,28H,8-9,13,15H2,1H3/t16-/m0/s1. The summed E-state index contributed by atoms with van der Waals surface area (Å²) < 4.78 is 3.96. The molecule has 0 saturated heterocycles. The van der Waals surface area contributed by atoms with Crippen LogP contribution in [0, 0.1) is 0 Å². The van der Waals surface area contributed by atoms with Crippen LogP contribution in [0.5, 0.6) is 0 Å². The van der Waals surface area contributed by atoms with Crippen LogP contribution in [0.3, 0.4) is 0 Å². The molecule has 1 atom stereocenters. The first-order valence-electron chi connectivity index (χ1n) is 9.65. The Kier molecular flexibility index (Phi) is 4.22. The first kappa shape index (κ1) is 17.2. The molecule has 2 aromatic carbocycles. The number of fused-ring (bicyclic) bond motifs is 2. The minimum Gasteiger partial charge on any atom is -0.387 e. The predicted molar refractivity (Wildman–Crippen MR) is 108 cm³/mol. The lowest BCUT2D eigenvalue weighted by Crippen LogP contribution is -2.33. The molecule has 0 aliphatic carbocycles. The van der Waals surface area contributed by atoms with Crippen LogP contribution in [0.15, 0.2) is 60.9 Å². The van der Waals surface area contributed by atoms with E-state index in [9.17, 15) is 5.11 Å². The van der Waals surface area contributed by atoms with Crippen molar-refractivity contribution in [3.8, 4) is 5.69 Å². The van der Waals surface area contributed by atoms with Crippen molar-refractivity contribution in [3.05, 3.63) is 77.9 Å². The Bertz CT molecular complexity index is 1130. The summed E-state index contributed by atoms with van der Waals surface area (Å²) in [6.07, 6.45) is 3.53. The zero-order chi connectivity index (χ0) is 19.1. The van der Waals surface area contributed by atoms with Gasteiger partial charge in [0.1, 0.15) is 0 Å². The maximum atomic E-state index is 9.75. The fourth-order valence-electron chi connectivity index (χ4n) is 3.84. The van der Waals surface area contributed by atoms with Crippen molar-refractivity contribution in [3.63, 3.8) is 0 Å². The lowest BCUT2D eigenvalue weighted by Gasteiger charge is -2.26. The number of hydrogen-bond acceptors (Lipinski definition) is 4. The molecule has 2 aromatic heterocycles. The summed E-state index contributed by atoms with van der Waals surface area (Å²) in [6, 6.07) is 16.8. The molecule has 0 bridgehead atoms. The molecule has 6 nitrogen and oxygen atoms in total. The predicted octanol–water partition coefficient (Wildman–Crippen LogP) is 3.29. The van der Waals surface area contributed by atoms with Gasteiger partial charge < -0.3 is 5.11 Å². The summed E-state index contributed by atoms with van der Waals surface area (Å²) >= 11 is 0. The molecule has 0 amide bonds. The SMILES string of the molecule is C[C@H](O)c1cc2n(n1)CCN(Cc1cnn(-c3ccc4ccccc4c3)c1)C2. The minimum absolute atomic E-state index is 0.522. The van der Waals surface area contributed by atoms with E-state index in [-0.39, 0.29) is 0 Å². The highest BCUT2D eigenvalue weighted by atomic mass is 16.3. The molecule has 28 heavy (non-hydrogen) atoms. The van der Waals surface area contributed by atoms with Gasteiger partial charge in [0.25, 0.3) is 0 Å². The van der Waals surface area contributed by atoms with Crippen LogP contribution in [0.1, 0.15) is 30.0 Å². The summed E-state index contributed by atoms with van der Waals surface area (Å²) in [6.45, 7) is 5.23. The molecule has 5 rings (SSSR count). The molecule has 0 fully saturated rings. The summed E-state index contributed by atoms with van der Waals surface area (Å²) in [7, 11) is 0. The van der Waals surface area contributed by atoms with E-state index in [1.807, 2.05) is 21.6 Å². The van der Waals surface area contributed by atoms with Crippen molar-refractivity contribution in [2.45, 2.75) is 32.7 Å². The van der Waals surface area contributed by atoms with Gasteiger partial charge in [-0.1, -0.05) is 30.3 Å². The fraction of sp³-hybridized carbons (Fsp3) is 0.273. The van der Waals surface area contributed by atoms with Gasteiger partial charge in [-0.05, 0) is 35.9 Å². The van der Waals surface area contributed by atoms with E-state index in [0.717, 1.165) is 43.3 Å². The number of benzene rings is 2. The van der Waals surface area contributed by atoms with Crippen LogP contribution in [0.4, 0.5) is 0 Å². The van der Waals surface area contributed by atoms with Crippen molar-refractivity contribution >= 4 is 10.8 Å². The molecule has 0 radical (unpaired) electrons. The van der Waals surface area contributed by atoms with Crippen molar-refractivity contribution < 1.29 is 5.11 Å². The van der Waals surface area contributed by atoms with E-state index < -0.39 is 6.10 Å². The van der Waals surface area contributed by atoms with E-state index in [4.69, 9.17) is 0 Å². The lowest BCUT2D eigenvalue weighted by molar-refractivity contribution is 0.189. The normalized spacial score (nSPS) is 15.6. The van der Waals surface area contributed by atoms with E-state index in [1.54, 1.807) is 6.92 Å². The number of aliphatic hydroxyl groups excluding tert-OH is 1. The molecule has 3 heterocycles. The maximum Gasteiger partial charge on any atom is 0.0950 e. The summed E-state index contributed by atoms with van der Waals surface area (Å²) in [4.78, 5) is 2.39. The summed E-state index contributed by atoms with van der Waals surface area (Å²) in [5, 5.41) is 21.3. The van der Waals surface area contributed by atoms with Gasteiger partial charge in [-0.3, -0.25) is 9.58 Å². The van der Waals surface area contributed by atoms with Gasteiger partial charge in [0.2, 0.25) is 0 Å². The molecule has 0 saturated carbocycles. The second kappa shape index (κ2) is 6.89. The molecule has 1 aliphatic heterocycles. The third-order valence-corrected chi connectivity index (χ3v) is 5.36. The zero-order valence-electron chi connectivity index (χ0n) is 15.9. The second-order valence-electron chi connectivity index (χ2n) is 7.49. The van der Waals surface area contributed by atoms with Crippen molar-refractivity contribution in [1.29, 1.82) is 0 Å². The minimum atomic E-state index is -0.522. The molecule has 1 N–H and O–H groups in total. The molecule has 1 aliphatic rings. The number of nitrogens with zero attached hydrogens (tertiary/aromatic N) is 5. The zero-order valence-corrected chi connectivity index (χ0v) is 15.9. The quantitative estimate of drug-likeness (QED) is 0.596. The molecular formula is C22H23N5O. The molecular weight excluding hydrogens is 350 g/mol. The van der Waals surface area contributed by atoms with Crippen LogP contribution in [0.2, 0.25) is 0 Å². The molecule has 142 valence electrons. The van der Waals surface area contributed by atoms with Gasteiger partial charge in [-0.15, -0.1) is 0 Å². The smallest absolute Gasteiger partial charge is 0.0950 e. The summed E-state index contributed by atoms with van der Waals surface area (Å²) in [5.74, 6) is 0. The topological polar surface area (TPSA) is 59.1 Å². The fourth-order valence-corrected chi connectivity index (χ4v) is 3.84. The molecule has 0 unspecified atom stereocenters. The Morgan fingerprint density at radius 3 is 2.79 bits per heavy atom. The Labute approximate surface area is 163 Å². The van der Waals surface area contributed by atoms with E-state index in [2.05, 4.69) is 63.8 Å². The van der Waals surface area contributed by atoms with Crippen molar-refractivity contribution in [1.82, 2.24) is 24.5 Å². The highest BCUT2D eigenvalue weighted by Gasteiger charge is 2.20. The van der Waals surface area contributed by atoms with Gasteiger partial charge in [-0.2, -0.15) is 10.2 Å². The average molecular weight is 373 g/mol. The van der Waals surface area contributed by atoms with Crippen molar-refractivity contribution in [2.75, 3.05) is 6.54 Å². The van der Waals surface area contributed by atoms with Crippen LogP contribution >= 0.6 is 0 Å². The Morgan fingerprint density at radius 2 is 1.93 bits per heavy atom. The first-order chi connectivity index (χ1) is 13.7. The largest absolute Gasteiger partial charge is 0.387 e. The summed E-state index contributed by atoms with van der Waals surface area (Å²) in [5.41, 5.74) is 4.17. The first-order valence-corrected chi connectivity index (χ1v) is 9.65. The second-order valence-corrected chi connectivity index (χ2v) is 7.49. The van der Waals surface area contributed by atoms with E-state index in [0.29, 0.717) is 0 Å². The van der Waals surface area contributed by atoms with Gasteiger partial charge in [0, 0.05) is 31.4 Å². The third-order valence-electron chi connectivity index (χ3n) is 5.36.